The summed E-state index contributed by atoms with van der Waals surface area (Å²) in [6.07, 6.45) is 7.50. The van der Waals surface area contributed by atoms with Crippen molar-refractivity contribution in [3.05, 3.63) is 65.3 Å². The SMILES string of the molecule is C=CC(=O)N1CCCC1COC.CNc1n[nH]c(C#Cc2cc3nccc(C4CC4)c3cc2F)c1C(N)=O. The van der Waals surface area contributed by atoms with E-state index in [2.05, 4.69) is 38.9 Å². The van der Waals surface area contributed by atoms with Gasteiger partial charge in [-0.05, 0) is 67.4 Å². The summed E-state index contributed by atoms with van der Waals surface area (Å²) in [6, 6.07) is 5.33. The zero-order valence-corrected chi connectivity index (χ0v) is 21.5. The first-order valence-corrected chi connectivity index (χ1v) is 12.5. The molecule has 38 heavy (non-hydrogen) atoms. The number of amides is 2. The van der Waals surface area contributed by atoms with Crippen LogP contribution in [0, 0.1) is 17.7 Å². The second-order valence-electron chi connectivity index (χ2n) is 9.20. The molecule has 1 atom stereocenters. The Morgan fingerprint density at radius 3 is 2.79 bits per heavy atom. The first-order chi connectivity index (χ1) is 18.4. The van der Waals surface area contributed by atoms with E-state index in [9.17, 15) is 14.0 Å². The quantitative estimate of drug-likeness (QED) is 0.340. The normalized spacial score (nSPS) is 16.3. The molecule has 4 N–H and O–H groups in total. The number of nitrogens with two attached hydrogens (primary N) is 1. The van der Waals surface area contributed by atoms with Gasteiger partial charge >= 0.3 is 0 Å². The third-order valence-electron chi connectivity index (χ3n) is 6.65. The fourth-order valence-corrected chi connectivity index (χ4v) is 4.63. The Morgan fingerprint density at radius 2 is 2.13 bits per heavy atom. The second kappa shape index (κ2) is 11.9. The molecule has 3 aromatic rings. The van der Waals surface area contributed by atoms with Gasteiger partial charge in [0.1, 0.15) is 17.1 Å². The lowest BCUT2D eigenvalue weighted by molar-refractivity contribution is -0.127. The van der Waals surface area contributed by atoms with Crippen LogP contribution in [0.1, 0.15) is 58.8 Å². The number of rotatable bonds is 6. The molecule has 10 heteroatoms. The van der Waals surface area contributed by atoms with E-state index in [-0.39, 0.29) is 28.8 Å². The minimum Gasteiger partial charge on any atom is -0.383 e. The van der Waals surface area contributed by atoms with Gasteiger partial charge in [-0.1, -0.05) is 12.5 Å². The monoisotopic (exact) mass is 518 g/mol. The third-order valence-corrected chi connectivity index (χ3v) is 6.65. The molecular weight excluding hydrogens is 487 g/mol. The fourth-order valence-electron chi connectivity index (χ4n) is 4.63. The van der Waals surface area contributed by atoms with Crippen LogP contribution < -0.4 is 11.1 Å². The minimum absolute atomic E-state index is 0.0227. The number of hydrogen-bond acceptors (Lipinski definition) is 6. The molecule has 3 heterocycles. The second-order valence-corrected chi connectivity index (χ2v) is 9.20. The molecule has 1 aliphatic heterocycles. The van der Waals surface area contributed by atoms with Crippen molar-refractivity contribution in [1.29, 1.82) is 0 Å². The van der Waals surface area contributed by atoms with Crippen molar-refractivity contribution >= 4 is 28.5 Å². The van der Waals surface area contributed by atoms with E-state index < -0.39 is 11.7 Å². The van der Waals surface area contributed by atoms with Crippen LogP contribution in [0.2, 0.25) is 0 Å². The number of fused-ring (bicyclic) bond motifs is 1. The van der Waals surface area contributed by atoms with Gasteiger partial charge in [0.25, 0.3) is 5.91 Å². The molecule has 1 aliphatic carbocycles. The molecule has 1 saturated carbocycles. The van der Waals surface area contributed by atoms with Crippen LogP contribution >= 0.6 is 0 Å². The number of methoxy groups -OCH3 is 1. The Kier molecular flexibility index (Phi) is 8.38. The number of hydrogen-bond donors (Lipinski definition) is 3. The average Bonchev–Trinajstić information content (AvgIpc) is 3.50. The molecular formula is C28H31FN6O3. The standard InChI is InChI=1S/C19H16FN5O.C9H15NO2/c1-22-19-17(18(21)26)15(24-25-19)5-4-11-8-16-13(9-14(11)20)12(6-7-23-16)10-2-3-10;1-3-9(11)10-6-4-5-8(10)7-12-2/h6-10H,2-3H2,1H3,(H2,21,26)(H2,22,24,25);3,8H,1,4-7H2,2H3. The summed E-state index contributed by atoms with van der Waals surface area (Å²) in [6.45, 7) is 4.95. The summed E-state index contributed by atoms with van der Waals surface area (Å²) in [4.78, 5) is 29.0. The molecule has 5 rings (SSSR count). The number of nitrogens with zero attached hydrogens (tertiary/aromatic N) is 3. The van der Waals surface area contributed by atoms with E-state index in [4.69, 9.17) is 10.5 Å². The molecule has 0 bridgehead atoms. The minimum atomic E-state index is -0.665. The molecule has 9 nitrogen and oxygen atoms in total. The highest BCUT2D eigenvalue weighted by molar-refractivity contribution is 5.99. The lowest BCUT2D eigenvalue weighted by Gasteiger charge is -2.22. The predicted molar refractivity (Wildman–Crippen MR) is 143 cm³/mol. The van der Waals surface area contributed by atoms with Crippen molar-refractivity contribution in [2.75, 3.05) is 32.6 Å². The number of carbonyl (C=O) groups excluding carboxylic acids is 2. The van der Waals surface area contributed by atoms with E-state index in [1.54, 1.807) is 26.4 Å². The third kappa shape index (κ3) is 5.84. The van der Waals surface area contributed by atoms with Crippen LogP contribution in [-0.2, 0) is 9.53 Å². The lowest BCUT2D eigenvalue weighted by Crippen LogP contribution is -2.36. The predicted octanol–water partition coefficient (Wildman–Crippen LogP) is 3.32. The maximum absolute atomic E-state index is 14.6. The van der Waals surface area contributed by atoms with E-state index in [1.165, 1.54) is 12.1 Å². The van der Waals surface area contributed by atoms with Crippen molar-refractivity contribution in [2.45, 2.75) is 37.6 Å². The number of likely N-dealkylation sites (tertiary alicyclic amines) is 1. The van der Waals surface area contributed by atoms with E-state index >= 15 is 0 Å². The number of anilines is 1. The highest BCUT2D eigenvalue weighted by atomic mass is 19.1. The van der Waals surface area contributed by atoms with Crippen LogP contribution in [0.3, 0.4) is 0 Å². The van der Waals surface area contributed by atoms with Crippen LogP contribution in [0.5, 0.6) is 0 Å². The average molecular weight is 519 g/mol. The molecule has 2 aromatic heterocycles. The lowest BCUT2D eigenvalue weighted by atomic mass is 10.0. The van der Waals surface area contributed by atoms with Gasteiger partial charge in [0.05, 0.1) is 23.7 Å². The summed E-state index contributed by atoms with van der Waals surface area (Å²) < 4.78 is 19.6. The van der Waals surface area contributed by atoms with Crippen molar-refractivity contribution in [2.24, 2.45) is 5.73 Å². The Hall–Kier alpha value is -4.23. The number of benzene rings is 1. The topological polar surface area (TPSA) is 126 Å². The summed E-state index contributed by atoms with van der Waals surface area (Å²) in [5.41, 5.74) is 7.80. The number of H-pyrrole nitrogens is 1. The van der Waals surface area contributed by atoms with Gasteiger partial charge in [-0.3, -0.25) is 19.7 Å². The Balaban J connectivity index is 0.000000236. The van der Waals surface area contributed by atoms with Crippen LogP contribution in [-0.4, -0.2) is 65.2 Å². The van der Waals surface area contributed by atoms with Gasteiger partial charge in [-0.25, -0.2) is 4.39 Å². The van der Waals surface area contributed by atoms with E-state index in [1.807, 2.05) is 11.0 Å². The van der Waals surface area contributed by atoms with Crippen molar-refractivity contribution in [3.63, 3.8) is 0 Å². The first-order valence-electron chi connectivity index (χ1n) is 12.5. The van der Waals surface area contributed by atoms with Gasteiger partial charge in [-0.2, -0.15) is 5.10 Å². The maximum atomic E-state index is 14.6. The molecule has 2 amide bonds. The molecule has 2 fully saturated rings. The molecule has 1 unspecified atom stereocenters. The fraction of sp³-hybridized carbons (Fsp3) is 0.357. The number of halogens is 1. The number of ether oxygens (including phenoxy) is 1. The number of pyridine rings is 1. The van der Waals surface area contributed by atoms with Gasteiger partial charge in [0.15, 0.2) is 5.82 Å². The van der Waals surface area contributed by atoms with Crippen molar-refractivity contribution in [1.82, 2.24) is 20.1 Å². The van der Waals surface area contributed by atoms with E-state index in [0.717, 1.165) is 43.2 Å². The van der Waals surface area contributed by atoms with Crippen LogP contribution in [0.25, 0.3) is 10.9 Å². The molecule has 1 aromatic carbocycles. The molecule has 198 valence electrons. The molecule has 1 saturated heterocycles. The summed E-state index contributed by atoms with van der Waals surface area (Å²) >= 11 is 0. The molecule has 0 radical (unpaired) electrons. The zero-order chi connectivity index (χ0) is 27.2. The van der Waals surface area contributed by atoms with Crippen molar-refractivity contribution < 1.29 is 18.7 Å². The Morgan fingerprint density at radius 1 is 1.34 bits per heavy atom. The van der Waals surface area contributed by atoms with Gasteiger partial charge < -0.3 is 20.7 Å². The number of carbonyl (C=O) groups is 2. The smallest absolute Gasteiger partial charge is 0.255 e. The van der Waals surface area contributed by atoms with E-state index in [0.29, 0.717) is 23.9 Å². The summed E-state index contributed by atoms with van der Waals surface area (Å²) in [5, 5.41) is 10.2. The number of aromatic amines is 1. The Labute approximate surface area is 220 Å². The van der Waals surface area contributed by atoms with Crippen LogP contribution in [0.4, 0.5) is 10.2 Å². The molecule has 2 aliphatic rings. The highest BCUT2D eigenvalue weighted by Crippen LogP contribution is 2.42. The highest BCUT2D eigenvalue weighted by Gasteiger charge is 2.27. The first kappa shape index (κ1) is 26.8. The largest absolute Gasteiger partial charge is 0.383 e. The van der Waals surface area contributed by atoms with Crippen LogP contribution in [0.15, 0.2) is 37.1 Å². The number of primary amides is 1. The molecule has 0 spiro atoms. The summed E-state index contributed by atoms with van der Waals surface area (Å²) in [5.74, 6) is 5.23. The van der Waals surface area contributed by atoms with Crippen molar-refractivity contribution in [3.8, 4) is 11.8 Å². The summed E-state index contributed by atoms with van der Waals surface area (Å²) in [7, 11) is 3.28. The zero-order valence-electron chi connectivity index (χ0n) is 21.5. The maximum Gasteiger partial charge on any atom is 0.255 e. The van der Waals surface area contributed by atoms with Gasteiger partial charge in [-0.15, -0.1) is 0 Å². The van der Waals surface area contributed by atoms with Gasteiger partial charge in [0, 0.05) is 32.3 Å². The van der Waals surface area contributed by atoms with Gasteiger partial charge in [0.2, 0.25) is 5.91 Å². The number of aromatic nitrogens is 3. The number of nitrogens with one attached hydrogen (secondary N) is 2. The Bertz CT molecular complexity index is 1420.